The Morgan fingerprint density at radius 1 is 1.24 bits per heavy atom. The van der Waals surface area contributed by atoms with Gasteiger partial charge < -0.3 is 14.2 Å². The Labute approximate surface area is 130 Å². The first kappa shape index (κ1) is 17.5. The van der Waals surface area contributed by atoms with Crippen molar-refractivity contribution in [3.8, 4) is 11.5 Å². The first-order valence-electron chi connectivity index (χ1n) is 5.71. The number of carbonyl (C=O) groups excluding carboxylic acids is 1. The summed E-state index contributed by atoms with van der Waals surface area (Å²) in [5.41, 5.74) is 1.92. The number of amides is 1. The van der Waals surface area contributed by atoms with Crippen molar-refractivity contribution >= 4 is 32.0 Å². The van der Waals surface area contributed by atoms with Crippen LogP contribution in [0.4, 0.5) is 4.79 Å². The van der Waals surface area contributed by atoms with Crippen LogP contribution in [0.25, 0.3) is 0 Å². The van der Waals surface area contributed by atoms with E-state index in [1.165, 1.54) is 26.4 Å². The maximum atomic E-state index is 12.1. The first-order valence-corrected chi connectivity index (χ1v) is 7.99. The van der Waals surface area contributed by atoms with Crippen LogP contribution in [0.3, 0.4) is 0 Å². The van der Waals surface area contributed by atoms with Gasteiger partial charge in [-0.3, -0.25) is 0 Å². The minimum absolute atomic E-state index is 0.119. The minimum Gasteiger partial charge on any atom is -0.493 e. The number of methoxy groups -OCH3 is 2. The summed E-state index contributed by atoms with van der Waals surface area (Å²) in [6, 6.07) is 2.70. The van der Waals surface area contributed by atoms with Gasteiger partial charge in [-0.1, -0.05) is 0 Å². The summed E-state index contributed by atoms with van der Waals surface area (Å²) < 4.78 is 39.1. The highest BCUT2D eigenvalue weighted by Crippen LogP contribution is 2.35. The molecule has 1 amide bonds. The van der Waals surface area contributed by atoms with Crippen molar-refractivity contribution in [2.75, 3.05) is 20.8 Å². The van der Waals surface area contributed by atoms with E-state index in [2.05, 4.69) is 20.7 Å². The molecule has 8 nitrogen and oxygen atoms in total. The Hall–Kier alpha value is -1.52. The third kappa shape index (κ3) is 4.48. The van der Waals surface area contributed by atoms with E-state index in [0.717, 1.165) is 0 Å². The van der Waals surface area contributed by atoms with Crippen LogP contribution >= 0.6 is 15.9 Å². The monoisotopic (exact) mass is 382 g/mol. The Balaban J connectivity index is 3.05. The molecule has 0 heterocycles. The molecule has 0 spiro atoms. The number of nitrogens with one attached hydrogen (secondary N) is 2. The number of carbonyl (C=O) groups is 1. The fourth-order valence-corrected chi connectivity index (χ4v) is 3.24. The van der Waals surface area contributed by atoms with Gasteiger partial charge in [-0.05, 0) is 28.9 Å². The van der Waals surface area contributed by atoms with Gasteiger partial charge in [0, 0.05) is 10.5 Å². The summed E-state index contributed by atoms with van der Waals surface area (Å²) >= 11 is 3.13. The first-order chi connectivity index (χ1) is 9.85. The van der Waals surface area contributed by atoms with Crippen molar-refractivity contribution in [1.82, 2.24) is 10.3 Å². The number of hydrazine groups is 1. The van der Waals surface area contributed by atoms with Gasteiger partial charge in [0.25, 0.3) is 10.0 Å². The second-order valence-electron chi connectivity index (χ2n) is 3.59. The molecule has 118 valence electrons. The van der Waals surface area contributed by atoms with Crippen molar-refractivity contribution < 1.29 is 27.4 Å². The molecule has 2 N–H and O–H groups in total. The fraction of sp³-hybridized carbons (Fsp3) is 0.364. The van der Waals surface area contributed by atoms with E-state index in [4.69, 9.17) is 9.47 Å². The molecule has 1 aromatic rings. The predicted molar refractivity (Wildman–Crippen MR) is 77.7 cm³/mol. The number of benzene rings is 1. The van der Waals surface area contributed by atoms with E-state index in [1.54, 1.807) is 6.92 Å². The molecule has 0 saturated carbocycles. The SMILES string of the molecule is CCOC(=O)NNS(=O)(=O)c1cc(OC)c(OC)cc1Br. The van der Waals surface area contributed by atoms with Crippen molar-refractivity contribution in [3.05, 3.63) is 16.6 Å². The minimum atomic E-state index is -4.01. The van der Waals surface area contributed by atoms with Crippen molar-refractivity contribution in [1.29, 1.82) is 0 Å². The molecule has 0 unspecified atom stereocenters. The van der Waals surface area contributed by atoms with Gasteiger partial charge in [0.1, 0.15) is 4.90 Å². The van der Waals surface area contributed by atoms with Crippen LogP contribution in [0.5, 0.6) is 11.5 Å². The fourth-order valence-electron chi connectivity index (χ4n) is 1.37. The number of ether oxygens (including phenoxy) is 3. The summed E-state index contributed by atoms with van der Waals surface area (Å²) in [6.07, 6.45) is -0.905. The van der Waals surface area contributed by atoms with Crippen molar-refractivity contribution in [2.45, 2.75) is 11.8 Å². The van der Waals surface area contributed by atoms with Crippen molar-refractivity contribution in [3.63, 3.8) is 0 Å². The van der Waals surface area contributed by atoms with E-state index in [0.29, 0.717) is 5.75 Å². The Morgan fingerprint density at radius 2 is 1.81 bits per heavy atom. The molecule has 1 aromatic carbocycles. The second-order valence-corrected chi connectivity index (χ2v) is 6.09. The van der Waals surface area contributed by atoms with E-state index in [9.17, 15) is 13.2 Å². The molecule has 0 fully saturated rings. The van der Waals surface area contributed by atoms with Gasteiger partial charge in [-0.15, -0.1) is 4.83 Å². The summed E-state index contributed by atoms with van der Waals surface area (Å²) in [5, 5.41) is 0. The lowest BCUT2D eigenvalue weighted by molar-refractivity contribution is 0.150. The molecule has 0 aromatic heterocycles. The van der Waals surface area contributed by atoms with Crippen molar-refractivity contribution in [2.24, 2.45) is 0 Å². The van der Waals surface area contributed by atoms with Gasteiger partial charge in [-0.25, -0.2) is 18.6 Å². The number of hydrogen-bond donors (Lipinski definition) is 2. The molecule has 0 aliphatic rings. The van der Waals surface area contributed by atoms with Gasteiger partial charge in [0.05, 0.1) is 20.8 Å². The lowest BCUT2D eigenvalue weighted by Crippen LogP contribution is -2.41. The van der Waals surface area contributed by atoms with Crippen LogP contribution in [-0.4, -0.2) is 35.3 Å². The quantitative estimate of drug-likeness (QED) is 0.720. The molecule has 1 rings (SSSR count). The lowest BCUT2D eigenvalue weighted by atomic mass is 10.3. The zero-order chi connectivity index (χ0) is 16.0. The normalized spacial score (nSPS) is 10.9. The number of rotatable bonds is 6. The van der Waals surface area contributed by atoms with Crippen LogP contribution in [0.2, 0.25) is 0 Å². The summed E-state index contributed by atoms with van der Waals surface area (Å²) in [4.78, 5) is 12.9. The lowest BCUT2D eigenvalue weighted by Gasteiger charge is -2.13. The smallest absolute Gasteiger partial charge is 0.422 e. The molecule has 0 aliphatic heterocycles. The van der Waals surface area contributed by atoms with Gasteiger partial charge >= 0.3 is 6.09 Å². The standard InChI is InChI=1S/C11H15BrN2O6S/c1-4-20-11(15)13-14-21(16,17)10-6-9(19-3)8(18-2)5-7(10)12/h5-6,14H,4H2,1-3H3,(H,13,15). The zero-order valence-corrected chi connectivity index (χ0v) is 14.0. The van der Waals surface area contributed by atoms with Crippen LogP contribution in [0.15, 0.2) is 21.5 Å². The summed E-state index contributed by atoms with van der Waals surface area (Å²) in [5.74, 6) is 0.596. The highest BCUT2D eigenvalue weighted by Gasteiger charge is 2.22. The topological polar surface area (TPSA) is 103 Å². The maximum Gasteiger partial charge on any atom is 0.422 e. The van der Waals surface area contributed by atoms with Crippen LogP contribution < -0.4 is 19.7 Å². The Kier molecular flexibility index (Phi) is 6.24. The largest absolute Gasteiger partial charge is 0.493 e. The molecule has 10 heteroatoms. The van der Waals surface area contributed by atoms with E-state index < -0.39 is 16.1 Å². The highest BCUT2D eigenvalue weighted by atomic mass is 79.9. The number of hydrogen-bond acceptors (Lipinski definition) is 6. The number of sulfonamides is 1. The molecule has 0 aliphatic carbocycles. The summed E-state index contributed by atoms with van der Waals surface area (Å²) in [6.45, 7) is 1.71. The third-order valence-electron chi connectivity index (χ3n) is 2.29. The second kappa shape index (κ2) is 7.48. The van der Waals surface area contributed by atoms with Gasteiger partial charge in [0.15, 0.2) is 11.5 Å². The molecular formula is C11H15BrN2O6S. The number of halogens is 1. The maximum absolute atomic E-state index is 12.1. The zero-order valence-electron chi connectivity index (χ0n) is 11.6. The van der Waals surface area contributed by atoms with Crippen LogP contribution in [0.1, 0.15) is 6.92 Å². The Bertz CT molecular complexity index is 619. The van der Waals surface area contributed by atoms with Gasteiger partial charge in [0.2, 0.25) is 0 Å². The molecule has 0 saturated heterocycles. The van der Waals surface area contributed by atoms with Gasteiger partial charge in [-0.2, -0.15) is 0 Å². The molecule has 0 radical (unpaired) electrons. The van der Waals surface area contributed by atoms with Crippen LogP contribution in [-0.2, 0) is 14.8 Å². The van der Waals surface area contributed by atoms with E-state index >= 15 is 0 Å². The van der Waals surface area contributed by atoms with E-state index in [-0.39, 0.29) is 21.7 Å². The molecule has 0 bridgehead atoms. The third-order valence-corrected chi connectivity index (χ3v) is 4.50. The summed E-state index contributed by atoms with van der Waals surface area (Å²) in [7, 11) is -1.20. The average Bonchev–Trinajstić information content (AvgIpc) is 2.45. The predicted octanol–water partition coefficient (Wildman–Crippen LogP) is 1.41. The Morgan fingerprint density at radius 3 is 2.33 bits per heavy atom. The average molecular weight is 383 g/mol. The van der Waals surface area contributed by atoms with E-state index in [1.807, 2.05) is 10.3 Å². The molecular weight excluding hydrogens is 368 g/mol. The highest BCUT2D eigenvalue weighted by molar-refractivity contribution is 9.10. The molecule has 21 heavy (non-hydrogen) atoms. The van der Waals surface area contributed by atoms with Crippen LogP contribution in [0, 0.1) is 0 Å². The molecule has 0 atom stereocenters.